The summed E-state index contributed by atoms with van der Waals surface area (Å²) in [5.74, 6) is -1.84. The molecule has 0 aliphatic heterocycles. The number of anilines is 1. The van der Waals surface area contributed by atoms with Gasteiger partial charge in [0.15, 0.2) is 5.65 Å². The lowest BCUT2D eigenvalue weighted by Gasteiger charge is -2.17. The van der Waals surface area contributed by atoms with Gasteiger partial charge in [0.2, 0.25) is 5.91 Å². The summed E-state index contributed by atoms with van der Waals surface area (Å²) in [6, 6.07) is 12.4. The van der Waals surface area contributed by atoms with E-state index in [-0.39, 0.29) is 38.2 Å². The Kier molecular flexibility index (Phi) is 11.7. The molecule has 4 rings (SSSR count). The van der Waals surface area contributed by atoms with Crippen molar-refractivity contribution >= 4 is 68.2 Å². The van der Waals surface area contributed by atoms with Crippen LogP contribution in [0.1, 0.15) is 42.9 Å². The number of thioether (sulfide) groups is 1. The first-order chi connectivity index (χ1) is 22.1. The number of carbonyl (C=O) groups is 4. The van der Waals surface area contributed by atoms with Crippen molar-refractivity contribution in [2.75, 3.05) is 24.8 Å². The molecule has 2 aromatic heterocycles. The van der Waals surface area contributed by atoms with E-state index in [1.165, 1.54) is 40.6 Å². The second kappa shape index (κ2) is 15.7. The minimum absolute atomic E-state index is 0.0143. The SMILES string of the molecule is CCOC(=O)CC[C@H](NC(=O)c1ccc(NC(=O)Cn2c(C)nc3c(c(SC)nn3-c3ccc(Br)cc3)c2=O)cc1)C(=O)OCC. The molecule has 2 amide bonds. The number of carbonyl (C=O) groups excluding carboxylic acids is 4. The minimum atomic E-state index is -1.04. The molecule has 0 saturated heterocycles. The van der Waals surface area contributed by atoms with Crippen molar-refractivity contribution in [3.05, 3.63) is 74.7 Å². The molecule has 0 aliphatic carbocycles. The topological polar surface area (TPSA) is 164 Å². The van der Waals surface area contributed by atoms with Crippen LogP contribution in [0.5, 0.6) is 0 Å². The first-order valence-corrected chi connectivity index (χ1v) is 16.4. The lowest BCUT2D eigenvalue weighted by atomic mass is 10.1. The molecule has 0 bridgehead atoms. The van der Waals surface area contributed by atoms with Crippen LogP contribution in [0.4, 0.5) is 5.69 Å². The lowest BCUT2D eigenvalue weighted by Crippen LogP contribution is -2.42. The van der Waals surface area contributed by atoms with Crippen molar-refractivity contribution in [1.29, 1.82) is 0 Å². The fourth-order valence-corrected chi connectivity index (χ4v) is 5.36. The summed E-state index contributed by atoms with van der Waals surface area (Å²) in [7, 11) is 0. The van der Waals surface area contributed by atoms with Gasteiger partial charge in [-0.1, -0.05) is 15.9 Å². The maximum absolute atomic E-state index is 13.6. The number of nitrogens with zero attached hydrogens (tertiary/aromatic N) is 4. The third-order valence-corrected chi connectivity index (χ3v) is 7.96. The Morgan fingerprint density at radius 3 is 2.30 bits per heavy atom. The molecule has 1 atom stereocenters. The van der Waals surface area contributed by atoms with Gasteiger partial charge in [-0.25, -0.2) is 14.5 Å². The van der Waals surface area contributed by atoms with Gasteiger partial charge in [-0.05, 0) is 82.0 Å². The molecule has 0 radical (unpaired) electrons. The molecular weight excluding hydrogens is 680 g/mol. The number of benzene rings is 2. The first kappa shape index (κ1) is 34.4. The van der Waals surface area contributed by atoms with Gasteiger partial charge in [0, 0.05) is 22.1 Å². The molecule has 13 nitrogen and oxygen atoms in total. The second-order valence-corrected chi connectivity index (χ2v) is 11.6. The Morgan fingerprint density at radius 1 is 1.00 bits per heavy atom. The quantitative estimate of drug-likeness (QED) is 0.153. The third-order valence-electron chi connectivity index (χ3n) is 6.76. The van der Waals surface area contributed by atoms with Crippen LogP contribution in [-0.4, -0.2) is 68.6 Å². The summed E-state index contributed by atoms with van der Waals surface area (Å²) >= 11 is 4.73. The maximum Gasteiger partial charge on any atom is 0.328 e. The summed E-state index contributed by atoms with van der Waals surface area (Å²) in [6.07, 6.45) is 1.76. The minimum Gasteiger partial charge on any atom is -0.466 e. The molecule has 15 heteroatoms. The molecule has 0 spiro atoms. The average Bonchev–Trinajstić information content (AvgIpc) is 3.40. The van der Waals surface area contributed by atoms with Crippen molar-refractivity contribution in [3.8, 4) is 5.69 Å². The number of halogens is 1. The molecular formula is C31H33BrN6O7S. The number of fused-ring (bicyclic) bond motifs is 1. The van der Waals surface area contributed by atoms with Gasteiger partial charge in [-0.3, -0.25) is 23.7 Å². The normalized spacial score (nSPS) is 11.6. The van der Waals surface area contributed by atoms with E-state index in [2.05, 4.69) is 36.6 Å². The van der Waals surface area contributed by atoms with Gasteiger partial charge >= 0.3 is 11.9 Å². The second-order valence-electron chi connectivity index (χ2n) is 9.89. The summed E-state index contributed by atoms with van der Waals surface area (Å²) in [4.78, 5) is 68.2. The van der Waals surface area contributed by atoms with E-state index >= 15 is 0 Å². The Balaban J connectivity index is 1.46. The van der Waals surface area contributed by atoms with Crippen LogP contribution in [0, 0.1) is 6.92 Å². The van der Waals surface area contributed by atoms with Gasteiger partial charge in [0.05, 0.1) is 18.9 Å². The van der Waals surface area contributed by atoms with Crippen molar-refractivity contribution in [2.24, 2.45) is 0 Å². The number of hydrogen-bond donors (Lipinski definition) is 2. The van der Waals surface area contributed by atoms with Crippen molar-refractivity contribution in [1.82, 2.24) is 24.6 Å². The summed E-state index contributed by atoms with van der Waals surface area (Å²) in [5, 5.41) is 10.7. The van der Waals surface area contributed by atoms with E-state index in [9.17, 15) is 24.0 Å². The first-order valence-electron chi connectivity index (χ1n) is 14.4. The Bertz CT molecular complexity index is 1810. The Labute approximate surface area is 277 Å². The highest BCUT2D eigenvalue weighted by Crippen LogP contribution is 2.25. The van der Waals surface area contributed by atoms with E-state index in [4.69, 9.17) is 9.47 Å². The number of nitrogens with one attached hydrogen (secondary N) is 2. The number of aryl methyl sites for hydroxylation is 1. The number of hydrogen-bond acceptors (Lipinski definition) is 10. The number of amides is 2. The van der Waals surface area contributed by atoms with Crippen molar-refractivity contribution < 1.29 is 28.7 Å². The molecule has 2 N–H and O–H groups in total. The van der Waals surface area contributed by atoms with E-state index < -0.39 is 35.4 Å². The molecule has 2 heterocycles. The van der Waals surface area contributed by atoms with Gasteiger partial charge in [0.25, 0.3) is 11.5 Å². The van der Waals surface area contributed by atoms with Crippen LogP contribution in [0.3, 0.4) is 0 Å². The van der Waals surface area contributed by atoms with Crippen LogP contribution < -0.4 is 16.2 Å². The monoisotopic (exact) mass is 712 g/mol. The fraction of sp³-hybridized carbons (Fsp3) is 0.323. The molecule has 0 fully saturated rings. The van der Waals surface area contributed by atoms with Crippen LogP contribution in [0.2, 0.25) is 0 Å². The van der Waals surface area contributed by atoms with Crippen molar-refractivity contribution in [2.45, 2.75) is 51.2 Å². The van der Waals surface area contributed by atoms with Crippen LogP contribution in [0.15, 0.2) is 62.8 Å². The number of rotatable bonds is 13. The lowest BCUT2D eigenvalue weighted by molar-refractivity contribution is -0.146. The number of ether oxygens (including phenoxy) is 2. The standard InChI is InChI=1S/C31H33BrN6O7S/c1-5-44-25(40)16-15-23(31(43)45-6-2)35-28(41)19-7-11-21(12-8-19)34-24(39)17-37-18(3)33-27-26(30(37)42)29(46-4)36-38(27)22-13-9-20(32)10-14-22/h7-14,23H,5-6,15-17H2,1-4H3,(H,34,39)(H,35,41)/t23-/m0/s1. The zero-order valence-corrected chi connectivity index (χ0v) is 28.1. The number of esters is 2. The van der Waals surface area contributed by atoms with E-state index in [0.717, 1.165) is 10.2 Å². The average molecular weight is 714 g/mol. The predicted molar refractivity (Wildman–Crippen MR) is 176 cm³/mol. The zero-order valence-electron chi connectivity index (χ0n) is 25.7. The maximum atomic E-state index is 13.6. The predicted octanol–water partition coefficient (Wildman–Crippen LogP) is 4.02. The number of aromatic nitrogens is 4. The highest BCUT2D eigenvalue weighted by atomic mass is 79.9. The van der Waals surface area contributed by atoms with Crippen molar-refractivity contribution in [3.63, 3.8) is 0 Å². The highest BCUT2D eigenvalue weighted by molar-refractivity contribution is 9.10. The Morgan fingerprint density at radius 2 is 1.67 bits per heavy atom. The zero-order chi connectivity index (χ0) is 33.4. The molecule has 242 valence electrons. The molecule has 0 saturated carbocycles. The summed E-state index contributed by atoms with van der Waals surface area (Å²) in [5.41, 5.74) is 1.35. The summed E-state index contributed by atoms with van der Waals surface area (Å²) in [6.45, 7) is 4.99. The van der Waals surface area contributed by atoms with Gasteiger partial charge in [-0.15, -0.1) is 11.8 Å². The molecule has 0 aliphatic rings. The smallest absolute Gasteiger partial charge is 0.328 e. The highest BCUT2D eigenvalue weighted by Gasteiger charge is 2.24. The van der Waals surface area contributed by atoms with Crippen LogP contribution in [0.25, 0.3) is 16.7 Å². The fourth-order valence-electron chi connectivity index (χ4n) is 4.54. The molecule has 46 heavy (non-hydrogen) atoms. The Hall–Kier alpha value is -4.50. The van der Waals surface area contributed by atoms with E-state index in [1.807, 2.05) is 30.5 Å². The summed E-state index contributed by atoms with van der Waals surface area (Å²) < 4.78 is 13.7. The van der Waals surface area contributed by atoms with Gasteiger partial charge in [-0.2, -0.15) is 5.10 Å². The molecule has 2 aromatic carbocycles. The van der Waals surface area contributed by atoms with E-state index in [0.29, 0.717) is 27.6 Å². The third kappa shape index (κ3) is 8.20. The van der Waals surface area contributed by atoms with Gasteiger partial charge < -0.3 is 20.1 Å². The molecule has 4 aromatic rings. The van der Waals surface area contributed by atoms with Gasteiger partial charge in [0.1, 0.15) is 28.8 Å². The largest absolute Gasteiger partial charge is 0.466 e. The molecule has 0 unspecified atom stereocenters. The van der Waals surface area contributed by atoms with Crippen LogP contribution >= 0.6 is 27.7 Å². The van der Waals surface area contributed by atoms with Crippen LogP contribution in [-0.2, 0) is 30.4 Å². The van der Waals surface area contributed by atoms with E-state index in [1.54, 1.807) is 25.5 Å².